The summed E-state index contributed by atoms with van der Waals surface area (Å²) in [6, 6.07) is 34.0. The second-order valence-electron chi connectivity index (χ2n) is 9.13. The van der Waals surface area contributed by atoms with Gasteiger partial charge in [0.05, 0.1) is 6.54 Å². The van der Waals surface area contributed by atoms with Gasteiger partial charge in [0.1, 0.15) is 0 Å². The molecule has 0 aliphatic carbocycles. The molecule has 0 aliphatic heterocycles. The third-order valence-corrected chi connectivity index (χ3v) is 6.02. The summed E-state index contributed by atoms with van der Waals surface area (Å²) >= 11 is 0. The van der Waals surface area contributed by atoms with E-state index in [1.54, 1.807) is 30.3 Å². The minimum absolute atomic E-state index is 0.0589. The molecule has 198 valence electrons. The van der Waals surface area contributed by atoms with Crippen molar-refractivity contribution in [2.24, 2.45) is 0 Å². The lowest BCUT2D eigenvalue weighted by Crippen LogP contribution is -2.21. The number of amides is 3. The monoisotopic (exact) mass is 520 g/mol. The van der Waals surface area contributed by atoms with Crippen molar-refractivity contribution in [3.63, 3.8) is 0 Å². The van der Waals surface area contributed by atoms with E-state index in [-0.39, 0.29) is 24.3 Å². The van der Waals surface area contributed by atoms with Gasteiger partial charge < -0.3 is 21.3 Å². The van der Waals surface area contributed by atoms with E-state index in [9.17, 15) is 14.4 Å². The number of carbonyl (C=O) groups excluding carboxylic acids is 3. The number of nitrogens with one attached hydrogen (secondary N) is 4. The maximum absolute atomic E-state index is 12.4. The molecule has 0 radical (unpaired) electrons. The first-order chi connectivity index (χ1) is 19.0. The molecule has 4 rings (SSSR count). The van der Waals surface area contributed by atoms with Crippen LogP contribution in [0.25, 0.3) is 0 Å². The van der Waals surface area contributed by atoms with Gasteiger partial charge in [-0.1, -0.05) is 66.7 Å². The van der Waals surface area contributed by atoms with Crippen molar-refractivity contribution in [1.29, 1.82) is 0 Å². The Hall–Kier alpha value is -4.91. The van der Waals surface area contributed by atoms with Gasteiger partial charge in [0, 0.05) is 35.6 Å². The first-order valence-electron chi connectivity index (χ1n) is 12.9. The van der Waals surface area contributed by atoms with Crippen molar-refractivity contribution in [3.8, 4) is 0 Å². The van der Waals surface area contributed by atoms with Gasteiger partial charge in [0.2, 0.25) is 17.7 Å². The Labute approximate surface area is 228 Å². The summed E-state index contributed by atoms with van der Waals surface area (Å²) in [7, 11) is 0. The standard InChI is InChI=1S/C32H32N4O3/c37-30(20-14-24-8-3-1-4-9-24)34-26-16-18-27(19-17-26)35-32(39)23-33-28-12-7-13-29(22-28)36-31(38)21-15-25-10-5-2-6-11-25/h1-13,16-19,22,33H,14-15,20-21,23H2,(H,34,37)(H,35,39)(H,36,38). The quantitative estimate of drug-likeness (QED) is 0.187. The highest BCUT2D eigenvalue weighted by Gasteiger charge is 2.07. The normalized spacial score (nSPS) is 10.4. The molecule has 0 fully saturated rings. The highest BCUT2D eigenvalue weighted by atomic mass is 16.2. The number of carbonyl (C=O) groups is 3. The Kier molecular flexibility index (Phi) is 9.84. The average molecular weight is 521 g/mol. The Balaban J connectivity index is 1.18. The van der Waals surface area contributed by atoms with Crippen molar-refractivity contribution in [1.82, 2.24) is 0 Å². The van der Waals surface area contributed by atoms with Gasteiger partial charge in [-0.2, -0.15) is 0 Å². The van der Waals surface area contributed by atoms with Crippen LogP contribution in [-0.2, 0) is 27.2 Å². The van der Waals surface area contributed by atoms with Gasteiger partial charge in [-0.25, -0.2) is 0 Å². The molecule has 0 bridgehead atoms. The number of anilines is 4. The SMILES string of the molecule is O=C(CCc1ccccc1)Nc1ccc(NC(=O)CNc2cccc(NC(=O)CCc3ccccc3)c2)cc1. The van der Waals surface area contributed by atoms with Gasteiger partial charge in [0.25, 0.3) is 0 Å². The smallest absolute Gasteiger partial charge is 0.243 e. The Morgan fingerprint density at radius 2 is 0.923 bits per heavy atom. The average Bonchev–Trinajstić information content (AvgIpc) is 2.96. The molecule has 0 unspecified atom stereocenters. The lowest BCUT2D eigenvalue weighted by atomic mass is 10.1. The summed E-state index contributed by atoms with van der Waals surface area (Å²) in [5.41, 5.74) is 4.93. The summed E-state index contributed by atoms with van der Waals surface area (Å²) in [4.78, 5) is 37.0. The molecule has 39 heavy (non-hydrogen) atoms. The van der Waals surface area contributed by atoms with Gasteiger partial charge in [-0.15, -0.1) is 0 Å². The molecule has 0 atom stereocenters. The molecule has 4 aromatic rings. The molecular formula is C32H32N4O3. The highest BCUT2D eigenvalue weighted by Crippen LogP contribution is 2.17. The molecule has 0 heterocycles. The molecule has 3 amide bonds. The number of hydrogen-bond donors (Lipinski definition) is 4. The van der Waals surface area contributed by atoms with E-state index < -0.39 is 0 Å². The van der Waals surface area contributed by atoms with Gasteiger partial charge in [0.15, 0.2) is 0 Å². The summed E-state index contributed by atoms with van der Waals surface area (Å²) in [5, 5.41) is 11.7. The summed E-state index contributed by atoms with van der Waals surface area (Å²) in [5.74, 6) is -0.342. The van der Waals surface area contributed by atoms with Crippen LogP contribution in [0.2, 0.25) is 0 Å². The molecule has 0 spiro atoms. The van der Waals surface area contributed by atoms with Gasteiger partial charge in [-0.3, -0.25) is 14.4 Å². The first kappa shape index (κ1) is 27.1. The highest BCUT2D eigenvalue weighted by molar-refractivity contribution is 5.95. The van der Waals surface area contributed by atoms with Crippen LogP contribution in [0.4, 0.5) is 22.7 Å². The van der Waals surface area contributed by atoms with Crippen LogP contribution in [0, 0.1) is 0 Å². The molecule has 0 saturated heterocycles. The van der Waals surface area contributed by atoms with Gasteiger partial charge >= 0.3 is 0 Å². The fourth-order valence-electron chi connectivity index (χ4n) is 3.98. The first-order valence-corrected chi connectivity index (χ1v) is 12.9. The van der Waals surface area contributed by atoms with Crippen molar-refractivity contribution >= 4 is 40.5 Å². The van der Waals surface area contributed by atoms with Crippen LogP contribution in [0.3, 0.4) is 0 Å². The van der Waals surface area contributed by atoms with Crippen molar-refractivity contribution < 1.29 is 14.4 Å². The number of benzene rings is 4. The predicted octanol–water partition coefficient (Wildman–Crippen LogP) is 5.88. The maximum Gasteiger partial charge on any atom is 0.243 e. The van der Waals surface area contributed by atoms with E-state index in [2.05, 4.69) is 21.3 Å². The van der Waals surface area contributed by atoms with E-state index >= 15 is 0 Å². The molecule has 4 N–H and O–H groups in total. The molecule has 0 aliphatic rings. The third-order valence-electron chi connectivity index (χ3n) is 6.02. The van der Waals surface area contributed by atoms with Crippen molar-refractivity contribution in [3.05, 3.63) is 120 Å². The van der Waals surface area contributed by atoms with Crippen LogP contribution in [0.1, 0.15) is 24.0 Å². The second-order valence-corrected chi connectivity index (χ2v) is 9.13. The topological polar surface area (TPSA) is 99.3 Å². The maximum atomic E-state index is 12.4. The van der Waals surface area contributed by atoms with Crippen LogP contribution in [-0.4, -0.2) is 24.3 Å². The molecule has 0 aromatic heterocycles. The molecular weight excluding hydrogens is 488 g/mol. The van der Waals surface area contributed by atoms with E-state index in [0.29, 0.717) is 42.7 Å². The zero-order valence-corrected chi connectivity index (χ0v) is 21.7. The second kappa shape index (κ2) is 14.1. The van der Waals surface area contributed by atoms with E-state index in [1.807, 2.05) is 78.9 Å². The predicted molar refractivity (Wildman–Crippen MR) is 157 cm³/mol. The molecule has 7 heteroatoms. The molecule has 0 saturated carbocycles. The Morgan fingerprint density at radius 3 is 1.46 bits per heavy atom. The summed E-state index contributed by atoms with van der Waals surface area (Å²) < 4.78 is 0. The zero-order chi connectivity index (χ0) is 27.3. The summed E-state index contributed by atoms with van der Waals surface area (Å²) in [6.45, 7) is 0.0589. The fourth-order valence-corrected chi connectivity index (χ4v) is 3.98. The molecule has 4 aromatic carbocycles. The largest absolute Gasteiger partial charge is 0.376 e. The van der Waals surface area contributed by atoms with Gasteiger partial charge in [-0.05, 0) is 66.4 Å². The van der Waals surface area contributed by atoms with Crippen molar-refractivity contribution in [2.45, 2.75) is 25.7 Å². The van der Waals surface area contributed by atoms with Crippen LogP contribution < -0.4 is 21.3 Å². The van der Waals surface area contributed by atoms with Crippen LogP contribution in [0.5, 0.6) is 0 Å². The zero-order valence-electron chi connectivity index (χ0n) is 21.7. The minimum atomic E-state index is -0.216. The van der Waals surface area contributed by atoms with Crippen molar-refractivity contribution in [2.75, 3.05) is 27.8 Å². The number of rotatable bonds is 12. The lowest BCUT2D eigenvalue weighted by molar-refractivity contribution is -0.117. The van der Waals surface area contributed by atoms with E-state index in [0.717, 1.165) is 16.8 Å². The summed E-state index contributed by atoms with van der Waals surface area (Å²) in [6.07, 6.45) is 2.14. The van der Waals surface area contributed by atoms with Crippen LogP contribution >= 0.6 is 0 Å². The third kappa shape index (κ3) is 9.48. The van der Waals surface area contributed by atoms with E-state index in [1.165, 1.54) is 0 Å². The molecule has 7 nitrogen and oxygen atoms in total. The number of aryl methyl sites for hydroxylation is 2. The number of hydrogen-bond acceptors (Lipinski definition) is 4. The lowest BCUT2D eigenvalue weighted by Gasteiger charge is -2.11. The van der Waals surface area contributed by atoms with Crippen LogP contribution in [0.15, 0.2) is 109 Å². The van der Waals surface area contributed by atoms with E-state index in [4.69, 9.17) is 0 Å². The Morgan fingerprint density at radius 1 is 0.462 bits per heavy atom. The fraction of sp³-hybridized carbons (Fsp3) is 0.156. The minimum Gasteiger partial charge on any atom is -0.376 e. The Bertz CT molecular complexity index is 1370.